The van der Waals surface area contributed by atoms with E-state index in [-0.39, 0.29) is 23.3 Å². The molecule has 0 spiro atoms. The van der Waals surface area contributed by atoms with E-state index in [2.05, 4.69) is 36.4 Å². The molecule has 0 fully saturated rings. The molecule has 1 aromatic heterocycles. The van der Waals surface area contributed by atoms with Crippen LogP contribution in [0.15, 0.2) is 60.8 Å². The molecule has 2 atom stereocenters. The van der Waals surface area contributed by atoms with Crippen LogP contribution in [0.4, 0.5) is 5.69 Å². The van der Waals surface area contributed by atoms with Gasteiger partial charge in [-0.3, -0.25) is 14.6 Å². The first kappa shape index (κ1) is 24.4. The molecule has 1 unspecified atom stereocenters. The van der Waals surface area contributed by atoms with Crippen molar-refractivity contribution in [3.05, 3.63) is 71.9 Å². The SMILES string of the molecule is CCCCC(C)(CC)C(=O)N[C@H](C)Cc1ccc(NC(=O)c2ccnc3ccccc23)cc1. The highest BCUT2D eigenvalue weighted by Gasteiger charge is 2.31. The predicted molar refractivity (Wildman–Crippen MR) is 135 cm³/mol. The summed E-state index contributed by atoms with van der Waals surface area (Å²) in [5.74, 6) is -0.0210. The minimum Gasteiger partial charge on any atom is -0.353 e. The molecule has 3 rings (SSSR count). The molecule has 33 heavy (non-hydrogen) atoms. The van der Waals surface area contributed by atoms with Gasteiger partial charge in [0.2, 0.25) is 5.91 Å². The number of benzene rings is 2. The molecule has 0 aliphatic heterocycles. The van der Waals surface area contributed by atoms with Gasteiger partial charge in [0.1, 0.15) is 0 Å². The average Bonchev–Trinajstić information content (AvgIpc) is 2.83. The first-order valence-electron chi connectivity index (χ1n) is 11.9. The van der Waals surface area contributed by atoms with Crippen molar-refractivity contribution >= 4 is 28.4 Å². The van der Waals surface area contributed by atoms with Crippen molar-refractivity contribution in [1.29, 1.82) is 0 Å². The van der Waals surface area contributed by atoms with Crippen molar-refractivity contribution in [2.45, 2.75) is 65.8 Å². The fourth-order valence-corrected chi connectivity index (χ4v) is 4.04. The molecule has 0 saturated heterocycles. The summed E-state index contributed by atoms with van der Waals surface area (Å²) in [6, 6.07) is 17.2. The van der Waals surface area contributed by atoms with Gasteiger partial charge in [-0.25, -0.2) is 0 Å². The number of hydrogen-bond acceptors (Lipinski definition) is 3. The molecule has 0 radical (unpaired) electrons. The topological polar surface area (TPSA) is 71.1 Å². The zero-order valence-corrected chi connectivity index (χ0v) is 20.2. The predicted octanol–water partition coefficient (Wildman–Crippen LogP) is 6.14. The number of rotatable bonds is 10. The number of pyridine rings is 1. The minimum absolute atomic E-state index is 0.0358. The van der Waals surface area contributed by atoms with E-state index in [0.29, 0.717) is 5.56 Å². The van der Waals surface area contributed by atoms with Gasteiger partial charge in [-0.2, -0.15) is 0 Å². The number of fused-ring (bicyclic) bond motifs is 1. The lowest BCUT2D eigenvalue weighted by atomic mass is 9.81. The molecule has 0 saturated carbocycles. The highest BCUT2D eigenvalue weighted by atomic mass is 16.2. The Morgan fingerprint density at radius 2 is 1.76 bits per heavy atom. The number of unbranched alkanes of at least 4 members (excludes halogenated alkanes) is 1. The van der Waals surface area contributed by atoms with E-state index in [1.807, 2.05) is 55.5 Å². The number of carbonyl (C=O) groups is 2. The Morgan fingerprint density at radius 1 is 1.03 bits per heavy atom. The number of hydrogen-bond donors (Lipinski definition) is 2. The van der Waals surface area contributed by atoms with Crippen molar-refractivity contribution in [3.8, 4) is 0 Å². The molecular weight excluding hydrogens is 410 g/mol. The fraction of sp³-hybridized carbons (Fsp3) is 0.393. The molecule has 1 heterocycles. The quantitative estimate of drug-likeness (QED) is 0.394. The second-order valence-corrected chi connectivity index (χ2v) is 9.12. The first-order chi connectivity index (χ1) is 15.9. The molecule has 0 aliphatic carbocycles. The average molecular weight is 446 g/mol. The van der Waals surface area contributed by atoms with Crippen LogP contribution < -0.4 is 10.6 Å². The Kier molecular flexibility index (Phi) is 8.21. The zero-order valence-electron chi connectivity index (χ0n) is 20.2. The molecule has 3 aromatic rings. The molecule has 0 aliphatic rings. The molecular formula is C28H35N3O2. The van der Waals surface area contributed by atoms with Crippen LogP contribution in [-0.4, -0.2) is 22.8 Å². The van der Waals surface area contributed by atoms with Crippen LogP contribution in [0.3, 0.4) is 0 Å². The number of aromatic nitrogens is 1. The Labute approximate surface area is 197 Å². The maximum Gasteiger partial charge on any atom is 0.256 e. The molecule has 5 heteroatoms. The van der Waals surface area contributed by atoms with Crippen molar-refractivity contribution in [2.75, 3.05) is 5.32 Å². The van der Waals surface area contributed by atoms with Crippen LogP contribution in [0.2, 0.25) is 0 Å². The zero-order chi connectivity index (χ0) is 23.8. The third-order valence-electron chi connectivity index (χ3n) is 6.44. The normalized spacial score (nSPS) is 13.8. The number of para-hydroxylation sites is 1. The molecule has 2 aromatic carbocycles. The van der Waals surface area contributed by atoms with Crippen molar-refractivity contribution in [2.24, 2.45) is 5.41 Å². The van der Waals surface area contributed by atoms with Gasteiger partial charge in [0.15, 0.2) is 0 Å². The first-order valence-corrected chi connectivity index (χ1v) is 11.9. The van der Waals surface area contributed by atoms with Gasteiger partial charge in [0.25, 0.3) is 5.91 Å². The molecule has 5 nitrogen and oxygen atoms in total. The maximum atomic E-state index is 12.8. The van der Waals surface area contributed by atoms with E-state index in [4.69, 9.17) is 0 Å². The fourth-order valence-electron chi connectivity index (χ4n) is 4.04. The Hall–Kier alpha value is -3.21. The van der Waals surface area contributed by atoms with Crippen LogP contribution in [-0.2, 0) is 11.2 Å². The largest absolute Gasteiger partial charge is 0.353 e. The molecule has 0 bridgehead atoms. The smallest absolute Gasteiger partial charge is 0.256 e. The third-order valence-corrected chi connectivity index (χ3v) is 6.44. The second kappa shape index (κ2) is 11.1. The minimum atomic E-state index is -0.310. The maximum absolute atomic E-state index is 12.8. The highest BCUT2D eigenvalue weighted by molar-refractivity contribution is 6.12. The van der Waals surface area contributed by atoms with Gasteiger partial charge >= 0.3 is 0 Å². The summed E-state index contributed by atoms with van der Waals surface area (Å²) in [7, 11) is 0. The standard InChI is InChI=1S/C28H35N3O2/c1-5-7-17-28(4,6-2)27(33)30-20(3)19-21-12-14-22(15-13-21)31-26(32)24-16-18-29-25-11-9-8-10-23(24)25/h8-16,18,20H,5-7,17,19H2,1-4H3,(H,30,33)(H,31,32)/t20-,28?/m1/s1. The summed E-state index contributed by atoms with van der Waals surface area (Å²) in [6.45, 7) is 8.34. The molecule has 174 valence electrons. The number of anilines is 1. The Balaban J connectivity index is 1.59. The third kappa shape index (κ3) is 6.19. The van der Waals surface area contributed by atoms with E-state index < -0.39 is 0 Å². The lowest BCUT2D eigenvalue weighted by Gasteiger charge is -2.29. The van der Waals surface area contributed by atoms with Crippen molar-refractivity contribution in [3.63, 3.8) is 0 Å². The van der Waals surface area contributed by atoms with Crippen LogP contribution >= 0.6 is 0 Å². The summed E-state index contributed by atoms with van der Waals surface area (Å²) >= 11 is 0. The summed E-state index contributed by atoms with van der Waals surface area (Å²) in [6.07, 6.45) is 6.31. The van der Waals surface area contributed by atoms with E-state index in [1.54, 1.807) is 12.3 Å². The van der Waals surface area contributed by atoms with Crippen molar-refractivity contribution in [1.82, 2.24) is 10.3 Å². The van der Waals surface area contributed by atoms with Gasteiger partial charge in [-0.15, -0.1) is 0 Å². The van der Waals surface area contributed by atoms with E-state index in [9.17, 15) is 9.59 Å². The number of amides is 2. The lowest BCUT2D eigenvalue weighted by Crippen LogP contribution is -2.43. The molecule has 2 N–H and O–H groups in total. The summed E-state index contributed by atoms with van der Waals surface area (Å²) < 4.78 is 0. The summed E-state index contributed by atoms with van der Waals surface area (Å²) in [5.41, 5.74) is 2.94. The van der Waals surface area contributed by atoms with Gasteiger partial charge in [0.05, 0.1) is 11.1 Å². The van der Waals surface area contributed by atoms with Gasteiger partial charge in [-0.1, -0.05) is 63.9 Å². The molecule has 2 amide bonds. The number of nitrogens with one attached hydrogen (secondary N) is 2. The Morgan fingerprint density at radius 3 is 2.45 bits per heavy atom. The number of carbonyl (C=O) groups excluding carboxylic acids is 2. The van der Waals surface area contributed by atoms with Crippen LogP contribution in [0.25, 0.3) is 10.9 Å². The van der Waals surface area contributed by atoms with Crippen molar-refractivity contribution < 1.29 is 9.59 Å². The summed E-state index contributed by atoms with van der Waals surface area (Å²) in [5, 5.41) is 7.00. The monoisotopic (exact) mass is 445 g/mol. The summed E-state index contributed by atoms with van der Waals surface area (Å²) in [4.78, 5) is 30.0. The highest BCUT2D eigenvalue weighted by Crippen LogP contribution is 2.28. The van der Waals surface area contributed by atoms with E-state index in [0.717, 1.165) is 54.3 Å². The van der Waals surface area contributed by atoms with E-state index in [1.165, 1.54) is 0 Å². The second-order valence-electron chi connectivity index (χ2n) is 9.12. The van der Waals surface area contributed by atoms with Crippen LogP contribution in [0.5, 0.6) is 0 Å². The van der Waals surface area contributed by atoms with Crippen LogP contribution in [0, 0.1) is 5.41 Å². The van der Waals surface area contributed by atoms with Crippen LogP contribution in [0.1, 0.15) is 69.3 Å². The lowest BCUT2D eigenvalue weighted by molar-refractivity contribution is -0.131. The Bertz CT molecular complexity index is 1090. The van der Waals surface area contributed by atoms with Gasteiger partial charge in [0, 0.05) is 28.7 Å². The van der Waals surface area contributed by atoms with E-state index >= 15 is 0 Å². The number of nitrogens with zero attached hydrogens (tertiary/aromatic N) is 1. The van der Waals surface area contributed by atoms with Gasteiger partial charge in [-0.05, 0) is 56.0 Å². The van der Waals surface area contributed by atoms with Gasteiger partial charge < -0.3 is 10.6 Å².